The molecule has 0 saturated carbocycles. The van der Waals surface area contributed by atoms with Gasteiger partial charge in [-0.3, -0.25) is 19.7 Å². The summed E-state index contributed by atoms with van der Waals surface area (Å²) in [6.45, 7) is 5.28. The predicted molar refractivity (Wildman–Crippen MR) is 153 cm³/mol. The molecule has 0 atom stereocenters. The highest BCUT2D eigenvalue weighted by Crippen LogP contribution is 2.37. The average molecular weight is 582 g/mol. The summed E-state index contributed by atoms with van der Waals surface area (Å²) in [5, 5.41) is 5.39. The Morgan fingerprint density at radius 3 is 2.45 bits per heavy atom. The number of imide groups is 2. The average Bonchev–Trinajstić information content (AvgIpc) is 2.90. The summed E-state index contributed by atoms with van der Waals surface area (Å²) < 4.78 is 11.1. The lowest BCUT2D eigenvalue weighted by Gasteiger charge is -2.26. The Bertz CT molecular complexity index is 1580. The summed E-state index contributed by atoms with van der Waals surface area (Å²) in [5.41, 5.74) is 3.62. The van der Waals surface area contributed by atoms with E-state index < -0.39 is 23.8 Å². The van der Waals surface area contributed by atoms with Gasteiger partial charge in [0.05, 0.1) is 17.8 Å². The number of methoxy groups -OCH3 is 1. The normalized spacial score (nSPS) is 14.3. The van der Waals surface area contributed by atoms with Crippen LogP contribution in [0.15, 0.2) is 54.1 Å². The number of hydrogen-bond acceptors (Lipinski definition) is 6. The maximum Gasteiger partial charge on any atom is 0.335 e. The molecule has 1 heterocycles. The molecule has 11 heteroatoms. The van der Waals surface area contributed by atoms with Gasteiger partial charge in [-0.2, -0.15) is 0 Å². The van der Waals surface area contributed by atoms with Crippen molar-refractivity contribution >= 4 is 64.4 Å². The van der Waals surface area contributed by atoms with E-state index in [4.69, 9.17) is 32.7 Å². The van der Waals surface area contributed by atoms with E-state index in [0.29, 0.717) is 16.3 Å². The Balaban J connectivity index is 1.57. The van der Waals surface area contributed by atoms with E-state index in [-0.39, 0.29) is 34.4 Å². The molecule has 0 aliphatic carbocycles. The van der Waals surface area contributed by atoms with Crippen LogP contribution in [0.4, 0.5) is 16.2 Å². The predicted octanol–water partition coefficient (Wildman–Crippen LogP) is 5.61. The van der Waals surface area contributed by atoms with Crippen LogP contribution in [-0.4, -0.2) is 37.5 Å². The Hall–Kier alpha value is -4.34. The van der Waals surface area contributed by atoms with Crippen molar-refractivity contribution in [1.82, 2.24) is 5.32 Å². The minimum Gasteiger partial charge on any atom is -0.493 e. The summed E-state index contributed by atoms with van der Waals surface area (Å²) in [4.78, 5) is 51.7. The van der Waals surface area contributed by atoms with Crippen LogP contribution < -0.4 is 25.0 Å². The number of barbiturate groups is 1. The number of halogens is 2. The summed E-state index contributed by atoms with van der Waals surface area (Å²) in [6, 6.07) is 12.3. The van der Waals surface area contributed by atoms with Gasteiger partial charge >= 0.3 is 6.03 Å². The molecule has 40 heavy (non-hydrogen) atoms. The van der Waals surface area contributed by atoms with Gasteiger partial charge < -0.3 is 14.8 Å². The van der Waals surface area contributed by atoms with Crippen LogP contribution in [0, 0.1) is 20.8 Å². The van der Waals surface area contributed by atoms with Gasteiger partial charge in [-0.15, -0.1) is 0 Å². The first kappa shape index (κ1) is 28.7. The number of rotatable bonds is 7. The lowest BCUT2D eigenvalue weighted by Crippen LogP contribution is -2.54. The highest BCUT2D eigenvalue weighted by molar-refractivity contribution is 6.39. The van der Waals surface area contributed by atoms with Crippen LogP contribution in [0.5, 0.6) is 11.5 Å². The first-order chi connectivity index (χ1) is 19.0. The second-order valence-electron chi connectivity index (χ2n) is 9.01. The highest BCUT2D eigenvalue weighted by atomic mass is 35.5. The number of ether oxygens (including phenoxy) is 2. The molecule has 2 N–H and O–H groups in total. The molecule has 1 fully saturated rings. The van der Waals surface area contributed by atoms with Gasteiger partial charge in [-0.1, -0.05) is 41.4 Å². The van der Waals surface area contributed by atoms with E-state index in [1.54, 1.807) is 25.1 Å². The summed E-state index contributed by atoms with van der Waals surface area (Å²) in [7, 11) is 1.38. The Morgan fingerprint density at radius 1 is 1.00 bits per heavy atom. The Morgan fingerprint density at radius 2 is 1.75 bits per heavy atom. The third-order valence-corrected chi connectivity index (χ3v) is 6.99. The molecule has 5 amide bonds. The maximum absolute atomic E-state index is 13.2. The van der Waals surface area contributed by atoms with E-state index in [9.17, 15) is 19.2 Å². The van der Waals surface area contributed by atoms with Gasteiger partial charge in [0.15, 0.2) is 18.1 Å². The summed E-state index contributed by atoms with van der Waals surface area (Å²) >= 11 is 12.6. The SMILES string of the molecule is COc1cc(/C=C2\C(=O)NC(=O)N(c3ccc(C)c(Cl)c3)C2=O)cc(Cl)c1OCC(=O)Nc1cccc(C)c1C. The van der Waals surface area contributed by atoms with E-state index >= 15 is 0 Å². The van der Waals surface area contributed by atoms with Gasteiger partial charge in [-0.05, 0) is 79.4 Å². The number of carbonyl (C=O) groups is 4. The van der Waals surface area contributed by atoms with E-state index in [2.05, 4.69) is 10.6 Å². The third kappa shape index (κ3) is 5.95. The Labute approximate surface area is 240 Å². The number of nitrogens with zero attached hydrogens (tertiary/aromatic N) is 1. The fourth-order valence-corrected chi connectivity index (χ4v) is 4.40. The molecule has 1 aliphatic heterocycles. The number of hydrogen-bond donors (Lipinski definition) is 2. The Kier molecular flexibility index (Phi) is 8.46. The van der Waals surface area contributed by atoms with Gasteiger partial charge in [0.1, 0.15) is 5.57 Å². The molecular weight excluding hydrogens is 557 g/mol. The number of benzene rings is 3. The molecule has 206 valence electrons. The van der Waals surface area contributed by atoms with Crippen molar-refractivity contribution in [1.29, 1.82) is 0 Å². The largest absolute Gasteiger partial charge is 0.493 e. The van der Waals surface area contributed by atoms with Crippen molar-refractivity contribution in [3.05, 3.63) is 86.4 Å². The van der Waals surface area contributed by atoms with Gasteiger partial charge in [-0.25, -0.2) is 9.69 Å². The molecule has 0 radical (unpaired) electrons. The van der Waals surface area contributed by atoms with Crippen LogP contribution in [0.25, 0.3) is 6.08 Å². The minimum absolute atomic E-state index is 0.0765. The second-order valence-corrected chi connectivity index (χ2v) is 9.82. The molecule has 0 unspecified atom stereocenters. The van der Waals surface area contributed by atoms with E-state index in [1.165, 1.54) is 31.4 Å². The molecule has 9 nitrogen and oxygen atoms in total. The topological polar surface area (TPSA) is 114 Å². The summed E-state index contributed by atoms with van der Waals surface area (Å²) in [5.74, 6) is -1.84. The van der Waals surface area contributed by atoms with Crippen molar-refractivity contribution in [2.45, 2.75) is 20.8 Å². The smallest absolute Gasteiger partial charge is 0.335 e. The minimum atomic E-state index is -0.898. The zero-order chi connectivity index (χ0) is 29.1. The van der Waals surface area contributed by atoms with Crippen molar-refractivity contribution in [2.75, 3.05) is 23.9 Å². The molecule has 1 aliphatic rings. The van der Waals surface area contributed by atoms with Crippen molar-refractivity contribution in [3.63, 3.8) is 0 Å². The molecule has 0 spiro atoms. The zero-order valence-corrected chi connectivity index (χ0v) is 23.6. The second kappa shape index (κ2) is 11.8. The number of carbonyl (C=O) groups excluding carboxylic acids is 4. The highest BCUT2D eigenvalue weighted by Gasteiger charge is 2.37. The molecule has 3 aromatic carbocycles. The first-order valence-electron chi connectivity index (χ1n) is 12.0. The summed E-state index contributed by atoms with van der Waals surface area (Å²) in [6.07, 6.45) is 1.28. The molecule has 4 rings (SSSR count). The van der Waals surface area contributed by atoms with Crippen LogP contribution >= 0.6 is 23.2 Å². The number of aryl methyl sites for hydroxylation is 2. The number of anilines is 2. The van der Waals surface area contributed by atoms with Gasteiger partial charge in [0.2, 0.25) is 0 Å². The lowest BCUT2D eigenvalue weighted by atomic mass is 10.1. The molecule has 0 aromatic heterocycles. The number of urea groups is 1. The monoisotopic (exact) mass is 581 g/mol. The fraction of sp³-hybridized carbons (Fsp3) is 0.172. The van der Waals surface area contributed by atoms with Crippen molar-refractivity contribution in [3.8, 4) is 11.5 Å². The third-order valence-electron chi connectivity index (χ3n) is 6.30. The number of nitrogens with one attached hydrogen (secondary N) is 2. The van der Waals surface area contributed by atoms with Crippen molar-refractivity contribution < 1.29 is 28.7 Å². The molecule has 3 aromatic rings. The quantitative estimate of drug-likeness (QED) is 0.277. The van der Waals surface area contributed by atoms with Crippen LogP contribution in [0.2, 0.25) is 10.0 Å². The molecule has 1 saturated heterocycles. The van der Waals surface area contributed by atoms with E-state index in [0.717, 1.165) is 21.6 Å². The molecular formula is C29H25Cl2N3O6. The van der Waals surface area contributed by atoms with Crippen LogP contribution in [0.1, 0.15) is 22.3 Å². The maximum atomic E-state index is 13.2. The van der Waals surface area contributed by atoms with Crippen LogP contribution in [0.3, 0.4) is 0 Å². The van der Waals surface area contributed by atoms with Crippen molar-refractivity contribution in [2.24, 2.45) is 0 Å². The zero-order valence-electron chi connectivity index (χ0n) is 22.1. The standard InChI is InChI=1S/C29H25Cl2N3O6/c1-15-6-5-7-23(17(15)3)32-25(35)14-40-26-22(31)11-18(12-24(26)39-4)10-20-27(36)33-29(38)34(28(20)37)19-9-8-16(2)21(30)13-19/h5-13H,14H2,1-4H3,(H,32,35)(H,33,36,38)/b20-10+. The number of amides is 5. The van der Waals surface area contributed by atoms with E-state index in [1.807, 2.05) is 26.0 Å². The fourth-order valence-electron chi connectivity index (χ4n) is 3.95. The van der Waals surface area contributed by atoms with Gasteiger partial charge in [0.25, 0.3) is 17.7 Å². The molecule has 0 bridgehead atoms. The lowest BCUT2D eigenvalue weighted by molar-refractivity contribution is -0.122. The van der Waals surface area contributed by atoms with Gasteiger partial charge in [0, 0.05) is 10.7 Å². The first-order valence-corrected chi connectivity index (χ1v) is 12.8. The van der Waals surface area contributed by atoms with Crippen LogP contribution in [-0.2, 0) is 14.4 Å².